The summed E-state index contributed by atoms with van der Waals surface area (Å²) >= 11 is 7.58. The van der Waals surface area contributed by atoms with Crippen LogP contribution >= 0.6 is 22.9 Å². The van der Waals surface area contributed by atoms with Gasteiger partial charge in [0, 0.05) is 27.7 Å². The monoisotopic (exact) mass is 234 g/mol. The molecule has 0 saturated heterocycles. The Balaban J connectivity index is 2.50. The highest BCUT2D eigenvalue weighted by atomic mass is 35.5. The molecule has 0 fully saturated rings. The molecule has 15 heavy (non-hydrogen) atoms. The molecule has 0 aromatic carbocycles. The van der Waals surface area contributed by atoms with E-state index in [1.165, 1.54) is 0 Å². The summed E-state index contributed by atoms with van der Waals surface area (Å²) in [5.41, 5.74) is 1.50. The van der Waals surface area contributed by atoms with E-state index in [-0.39, 0.29) is 0 Å². The smallest absolute Gasteiger partial charge is 0.101 e. The Morgan fingerprint density at radius 2 is 2.20 bits per heavy atom. The van der Waals surface area contributed by atoms with E-state index < -0.39 is 0 Å². The van der Waals surface area contributed by atoms with E-state index in [9.17, 15) is 0 Å². The van der Waals surface area contributed by atoms with Crippen LogP contribution in [0.1, 0.15) is 10.4 Å². The van der Waals surface area contributed by atoms with E-state index in [2.05, 4.69) is 11.1 Å². The predicted octanol–water partition coefficient (Wildman–Crippen LogP) is 3.64. The highest BCUT2D eigenvalue weighted by molar-refractivity contribution is 7.16. The largest absolute Gasteiger partial charge is 0.263 e. The van der Waals surface area contributed by atoms with Gasteiger partial charge in [-0.1, -0.05) is 11.6 Å². The van der Waals surface area contributed by atoms with Gasteiger partial charge in [-0.3, -0.25) is 4.98 Å². The van der Waals surface area contributed by atoms with Gasteiger partial charge in [0.05, 0.1) is 10.6 Å². The van der Waals surface area contributed by atoms with Crippen LogP contribution in [0.2, 0.25) is 5.02 Å². The lowest BCUT2D eigenvalue weighted by molar-refractivity contribution is 1.31. The fraction of sp³-hybridized carbons (Fsp3) is 0.0909. The molecule has 4 heteroatoms. The van der Waals surface area contributed by atoms with E-state index >= 15 is 0 Å². The maximum atomic E-state index is 8.76. The number of aromatic nitrogens is 1. The number of nitrogens with zero attached hydrogens (tertiary/aromatic N) is 2. The molecule has 2 rings (SSSR count). The van der Waals surface area contributed by atoms with Gasteiger partial charge >= 0.3 is 0 Å². The van der Waals surface area contributed by atoms with Crippen LogP contribution < -0.4 is 0 Å². The highest BCUT2D eigenvalue weighted by Gasteiger charge is 2.06. The van der Waals surface area contributed by atoms with Crippen molar-refractivity contribution in [2.24, 2.45) is 0 Å². The quantitative estimate of drug-likeness (QED) is 0.755. The Hall–Kier alpha value is -1.37. The van der Waals surface area contributed by atoms with Crippen molar-refractivity contribution in [1.29, 1.82) is 5.26 Å². The Kier molecular flexibility index (Phi) is 2.72. The van der Waals surface area contributed by atoms with Gasteiger partial charge in [-0.05, 0) is 19.1 Å². The molecule has 0 aliphatic heterocycles. The zero-order valence-corrected chi connectivity index (χ0v) is 9.56. The van der Waals surface area contributed by atoms with Crippen molar-refractivity contribution >= 4 is 22.9 Å². The molecule has 0 aliphatic rings. The molecule has 0 saturated carbocycles. The third kappa shape index (κ3) is 2.01. The number of aryl methyl sites for hydroxylation is 1. The Bertz CT molecular complexity index is 520. The van der Waals surface area contributed by atoms with E-state index in [4.69, 9.17) is 16.9 Å². The fourth-order valence-corrected chi connectivity index (χ4v) is 2.42. The zero-order valence-electron chi connectivity index (χ0n) is 7.99. The Morgan fingerprint density at radius 1 is 1.40 bits per heavy atom. The second-order valence-corrected chi connectivity index (χ2v) is 4.75. The van der Waals surface area contributed by atoms with Crippen molar-refractivity contribution in [1.82, 2.24) is 4.98 Å². The molecule has 2 aromatic rings. The summed E-state index contributed by atoms with van der Waals surface area (Å²) in [6.07, 6.45) is 3.29. The molecule has 0 aliphatic carbocycles. The highest BCUT2D eigenvalue weighted by Crippen LogP contribution is 2.33. The maximum absolute atomic E-state index is 8.76. The summed E-state index contributed by atoms with van der Waals surface area (Å²) in [5.74, 6) is 0. The number of pyridine rings is 1. The van der Waals surface area contributed by atoms with Crippen molar-refractivity contribution < 1.29 is 0 Å². The van der Waals surface area contributed by atoms with E-state index in [1.54, 1.807) is 23.7 Å². The van der Waals surface area contributed by atoms with Gasteiger partial charge in [-0.15, -0.1) is 11.3 Å². The van der Waals surface area contributed by atoms with Gasteiger partial charge in [0.25, 0.3) is 0 Å². The molecule has 0 amide bonds. The molecule has 0 radical (unpaired) electrons. The topological polar surface area (TPSA) is 36.7 Å². The van der Waals surface area contributed by atoms with Crippen LogP contribution in [0.5, 0.6) is 0 Å². The van der Waals surface area contributed by atoms with Gasteiger partial charge in [-0.2, -0.15) is 5.26 Å². The Labute approximate surface area is 96.8 Å². The van der Waals surface area contributed by atoms with Crippen molar-refractivity contribution in [3.8, 4) is 16.5 Å². The van der Waals surface area contributed by atoms with Crippen LogP contribution in [0, 0.1) is 18.3 Å². The second kappa shape index (κ2) is 4.01. The molecule has 0 unspecified atom stereocenters. The van der Waals surface area contributed by atoms with Gasteiger partial charge in [0.15, 0.2) is 0 Å². The van der Waals surface area contributed by atoms with Gasteiger partial charge in [0.1, 0.15) is 6.07 Å². The molecule has 2 nitrogen and oxygen atoms in total. The lowest BCUT2D eigenvalue weighted by atomic mass is 10.2. The number of thiophene rings is 1. The molecule has 0 atom stereocenters. The third-order valence-corrected chi connectivity index (χ3v) is 3.61. The van der Waals surface area contributed by atoms with Crippen molar-refractivity contribution in [3.05, 3.63) is 40.0 Å². The first-order valence-corrected chi connectivity index (χ1v) is 5.51. The molecule has 0 N–H and O–H groups in total. The van der Waals surface area contributed by atoms with Gasteiger partial charge < -0.3 is 0 Å². The first-order chi connectivity index (χ1) is 7.20. The van der Waals surface area contributed by atoms with Crippen LogP contribution in [0.3, 0.4) is 0 Å². The number of hydrogen-bond acceptors (Lipinski definition) is 3. The first kappa shape index (κ1) is 10.2. The van der Waals surface area contributed by atoms with Crippen LogP contribution in [0.4, 0.5) is 0 Å². The summed E-state index contributed by atoms with van der Waals surface area (Å²) in [6, 6.07) is 5.78. The molecule has 2 aromatic heterocycles. The fourth-order valence-electron chi connectivity index (χ4n) is 1.24. The summed E-state index contributed by atoms with van der Waals surface area (Å²) in [5, 5.41) is 9.52. The van der Waals surface area contributed by atoms with Crippen LogP contribution in [0.15, 0.2) is 24.5 Å². The summed E-state index contributed by atoms with van der Waals surface area (Å²) in [4.78, 5) is 6.13. The van der Waals surface area contributed by atoms with Crippen molar-refractivity contribution in [2.45, 2.75) is 6.92 Å². The number of hydrogen-bond donors (Lipinski definition) is 0. The minimum atomic E-state index is 0.565. The molecule has 0 bridgehead atoms. The van der Waals surface area contributed by atoms with Crippen LogP contribution in [0.25, 0.3) is 10.4 Å². The third-order valence-electron chi connectivity index (χ3n) is 2.01. The SMILES string of the molecule is Cc1sc(-c2cncc(C#N)c2)cc1Cl. The molecule has 2 heterocycles. The van der Waals surface area contributed by atoms with Crippen molar-refractivity contribution in [2.75, 3.05) is 0 Å². The summed E-state index contributed by atoms with van der Waals surface area (Å²) < 4.78 is 0. The van der Waals surface area contributed by atoms with E-state index in [0.29, 0.717) is 5.56 Å². The van der Waals surface area contributed by atoms with Crippen LogP contribution in [-0.4, -0.2) is 4.98 Å². The average Bonchev–Trinajstić information content (AvgIpc) is 2.59. The van der Waals surface area contributed by atoms with Gasteiger partial charge in [-0.25, -0.2) is 0 Å². The standard InChI is InChI=1S/C11H7ClN2S/c1-7-10(12)3-11(15-7)9-2-8(4-13)5-14-6-9/h2-3,5-6H,1H3. The van der Waals surface area contributed by atoms with Crippen LogP contribution in [-0.2, 0) is 0 Å². The molecular formula is C11H7ClN2S. The number of halogens is 1. The minimum absolute atomic E-state index is 0.565. The number of nitriles is 1. The van der Waals surface area contributed by atoms with Crippen molar-refractivity contribution in [3.63, 3.8) is 0 Å². The minimum Gasteiger partial charge on any atom is -0.263 e. The first-order valence-electron chi connectivity index (χ1n) is 4.32. The van der Waals surface area contributed by atoms with E-state index in [1.807, 2.05) is 19.1 Å². The maximum Gasteiger partial charge on any atom is 0.101 e. The van der Waals surface area contributed by atoms with E-state index in [0.717, 1.165) is 20.3 Å². The average molecular weight is 235 g/mol. The summed E-state index contributed by atoms with van der Waals surface area (Å²) in [6.45, 7) is 1.97. The number of rotatable bonds is 1. The zero-order chi connectivity index (χ0) is 10.8. The van der Waals surface area contributed by atoms with Gasteiger partial charge in [0.2, 0.25) is 0 Å². The predicted molar refractivity (Wildman–Crippen MR) is 62.0 cm³/mol. The second-order valence-electron chi connectivity index (χ2n) is 3.09. The Morgan fingerprint density at radius 3 is 2.80 bits per heavy atom. The molecular weight excluding hydrogens is 228 g/mol. The lowest BCUT2D eigenvalue weighted by Gasteiger charge is -1.95. The lowest BCUT2D eigenvalue weighted by Crippen LogP contribution is -1.79. The normalized spacial score (nSPS) is 9.93. The molecule has 0 spiro atoms. The summed E-state index contributed by atoms with van der Waals surface area (Å²) in [7, 11) is 0. The molecule has 74 valence electrons.